The van der Waals surface area contributed by atoms with Gasteiger partial charge in [-0.25, -0.2) is 4.98 Å². The molecule has 0 aliphatic carbocycles. The summed E-state index contributed by atoms with van der Waals surface area (Å²) in [4.78, 5) is 7.24. The lowest BCUT2D eigenvalue weighted by molar-refractivity contribution is 0.0820. The molecule has 1 N–H and O–H groups in total. The van der Waals surface area contributed by atoms with E-state index in [9.17, 15) is 0 Å². The number of nitrogens with one attached hydrogen (secondary N) is 1. The number of hydrogen-bond acceptors (Lipinski definition) is 4. The van der Waals surface area contributed by atoms with Gasteiger partial charge >= 0.3 is 0 Å². The zero-order valence-electron chi connectivity index (χ0n) is 14.1. The molecule has 1 aliphatic heterocycles. The molecule has 2 rings (SSSR count). The minimum atomic E-state index is 0.265. The molecule has 1 fully saturated rings. The molecule has 1 aromatic heterocycles. The summed E-state index contributed by atoms with van der Waals surface area (Å²) in [7, 11) is 0. The maximum atomic E-state index is 5.77. The van der Waals surface area contributed by atoms with E-state index in [1.165, 1.54) is 11.1 Å². The molecule has 4 heteroatoms. The molecule has 2 heterocycles. The molecule has 0 amide bonds. The summed E-state index contributed by atoms with van der Waals surface area (Å²) in [5.74, 6) is 1.14. The maximum Gasteiger partial charge on any atom is 0.133 e. The van der Waals surface area contributed by atoms with Crippen molar-refractivity contribution in [3.8, 4) is 0 Å². The van der Waals surface area contributed by atoms with Gasteiger partial charge in [-0.2, -0.15) is 0 Å². The van der Waals surface area contributed by atoms with Crippen molar-refractivity contribution in [2.24, 2.45) is 0 Å². The SMILES string of the molecule is Cc1cc(C)c(CNC(C)C)c(N2CCCOC(C)C2)n1. The quantitative estimate of drug-likeness (QED) is 0.925. The van der Waals surface area contributed by atoms with Crippen LogP contribution in [0.1, 0.15) is 44.0 Å². The minimum absolute atomic E-state index is 0.265. The lowest BCUT2D eigenvalue weighted by Gasteiger charge is -2.27. The Bertz CT molecular complexity index is 473. The van der Waals surface area contributed by atoms with Gasteiger partial charge in [-0.15, -0.1) is 0 Å². The molecular weight excluding hydrogens is 262 g/mol. The van der Waals surface area contributed by atoms with E-state index in [1.54, 1.807) is 0 Å². The summed E-state index contributed by atoms with van der Waals surface area (Å²) in [5, 5.41) is 3.53. The zero-order chi connectivity index (χ0) is 15.4. The standard InChI is InChI=1S/C17H29N3O/c1-12(2)18-10-16-13(3)9-14(4)19-17(16)20-7-6-8-21-15(5)11-20/h9,12,15,18H,6-8,10-11H2,1-5H3. The largest absolute Gasteiger partial charge is 0.377 e. The number of ether oxygens (including phenoxy) is 1. The number of anilines is 1. The molecule has 1 aliphatic rings. The second-order valence-corrected chi connectivity index (χ2v) is 6.40. The van der Waals surface area contributed by atoms with E-state index in [-0.39, 0.29) is 6.10 Å². The van der Waals surface area contributed by atoms with Gasteiger partial charge in [0, 0.05) is 43.5 Å². The third-order valence-electron chi connectivity index (χ3n) is 3.89. The third kappa shape index (κ3) is 4.42. The fourth-order valence-corrected chi connectivity index (χ4v) is 2.82. The molecule has 1 aromatic rings. The van der Waals surface area contributed by atoms with Crippen molar-refractivity contribution in [1.82, 2.24) is 10.3 Å². The fourth-order valence-electron chi connectivity index (χ4n) is 2.82. The second kappa shape index (κ2) is 7.23. The topological polar surface area (TPSA) is 37.4 Å². The smallest absolute Gasteiger partial charge is 0.133 e. The molecule has 0 saturated carbocycles. The summed E-state index contributed by atoms with van der Waals surface area (Å²) in [6.07, 6.45) is 1.33. The van der Waals surface area contributed by atoms with Gasteiger partial charge in [0.2, 0.25) is 0 Å². The Morgan fingerprint density at radius 2 is 2.19 bits per heavy atom. The van der Waals surface area contributed by atoms with Crippen molar-refractivity contribution in [3.63, 3.8) is 0 Å². The highest BCUT2D eigenvalue weighted by atomic mass is 16.5. The van der Waals surface area contributed by atoms with Crippen LogP contribution in [-0.4, -0.2) is 36.8 Å². The van der Waals surface area contributed by atoms with Crippen LogP contribution in [0.5, 0.6) is 0 Å². The zero-order valence-corrected chi connectivity index (χ0v) is 14.1. The van der Waals surface area contributed by atoms with Crippen LogP contribution in [0.25, 0.3) is 0 Å². The lowest BCUT2D eigenvalue weighted by Crippen LogP contribution is -2.33. The lowest BCUT2D eigenvalue weighted by atomic mass is 10.1. The van der Waals surface area contributed by atoms with Gasteiger partial charge < -0.3 is 15.0 Å². The highest BCUT2D eigenvalue weighted by molar-refractivity contribution is 5.52. The van der Waals surface area contributed by atoms with E-state index in [1.807, 2.05) is 0 Å². The average molecular weight is 291 g/mol. The molecule has 4 nitrogen and oxygen atoms in total. The monoisotopic (exact) mass is 291 g/mol. The van der Waals surface area contributed by atoms with Gasteiger partial charge in [0.15, 0.2) is 0 Å². The van der Waals surface area contributed by atoms with Gasteiger partial charge in [-0.3, -0.25) is 0 Å². The van der Waals surface area contributed by atoms with Gasteiger partial charge in [-0.1, -0.05) is 13.8 Å². The highest BCUT2D eigenvalue weighted by Crippen LogP contribution is 2.24. The van der Waals surface area contributed by atoms with Crippen molar-refractivity contribution in [2.75, 3.05) is 24.6 Å². The summed E-state index contributed by atoms with van der Waals surface area (Å²) in [5.41, 5.74) is 3.74. The van der Waals surface area contributed by atoms with Crippen LogP contribution < -0.4 is 10.2 Å². The van der Waals surface area contributed by atoms with Crippen LogP contribution in [0.4, 0.5) is 5.82 Å². The van der Waals surface area contributed by atoms with Gasteiger partial charge in [0.25, 0.3) is 0 Å². The van der Waals surface area contributed by atoms with Gasteiger partial charge in [0.1, 0.15) is 5.82 Å². The molecule has 118 valence electrons. The summed E-state index contributed by atoms with van der Waals surface area (Å²) in [6, 6.07) is 2.66. The van der Waals surface area contributed by atoms with E-state index >= 15 is 0 Å². The first-order chi connectivity index (χ1) is 9.97. The van der Waals surface area contributed by atoms with Crippen molar-refractivity contribution in [3.05, 3.63) is 22.9 Å². The molecule has 0 radical (unpaired) electrons. The van der Waals surface area contributed by atoms with Crippen molar-refractivity contribution in [2.45, 2.75) is 59.7 Å². The molecular formula is C17H29N3O. The summed E-state index contributed by atoms with van der Waals surface area (Å²) >= 11 is 0. The predicted octanol–water partition coefficient (Wildman–Crippen LogP) is 2.81. The van der Waals surface area contributed by atoms with Crippen molar-refractivity contribution >= 4 is 5.82 Å². The highest BCUT2D eigenvalue weighted by Gasteiger charge is 2.20. The van der Waals surface area contributed by atoms with E-state index in [0.29, 0.717) is 6.04 Å². The Balaban J connectivity index is 2.30. The summed E-state index contributed by atoms with van der Waals surface area (Å²) in [6.45, 7) is 14.4. The van der Waals surface area contributed by atoms with Crippen molar-refractivity contribution < 1.29 is 4.74 Å². The number of rotatable bonds is 4. The number of hydrogen-bond donors (Lipinski definition) is 1. The van der Waals surface area contributed by atoms with E-state index in [4.69, 9.17) is 9.72 Å². The van der Waals surface area contributed by atoms with Crippen LogP contribution in [0, 0.1) is 13.8 Å². The van der Waals surface area contributed by atoms with E-state index in [2.05, 4.69) is 50.9 Å². The van der Waals surface area contributed by atoms with Crippen LogP contribution in [0.15, 0.2) is 6.07 Å². The molecule has 0 aromatic carbocycles. The third-order valence-corrected chi connectivity index (χ3v) is 3.89. The molecule has 1 atom stereocenters. The van der Waals surface area contributed by atoms with Crippen molar-refractivity contribution in [1.29, 1.82) is 0 Å². The van der Waals surface area contributed by atoms with Gasteiger partial charge in [0.05, 0.1) is 6.10 Å². The van der Waals surface area contributed by atoms with Crippen LogP contribution in [-0.2, 0) is 11.3 Å². The first-order valence-corrected chi connectivity index (χ1v) is 8.04. The predicted molar refractivity (Wildman–Crippen MR) is 87.9 cm³/mol. The second-order valence-electron chi connectivity index (χ2n) is 6.40. The molecule has 1 saturated heterocycles. The minimum Gasteiger partial charge on any atom is -0.377 e. The first-order valence-electron chi connectivity index (χ1n) is 8.04. The number of nitrogens with zero attached hydrogens (tertiary/aromatic N) is 2. The number of aryl methyl sites for hydroxylation is 2. The van der Waals surface area contributed by atoms with E-state index in [0.717, 1.165) is 44.2 Å². The van der Waals surface area contributed by atoms with Crippen LogP contribution in [0.2, 0.25) is 0 Å². The summed E-state index contributed by atoms with van der Waals surface area (Å²) < 4.78 is 5.77. The van der Waals surface area contributed by atoms with Crippen LogP contribution >= 0.6 is 0 Å². The normalized spacial score (nSPS) is 19.9. The van der Waals surface area contributed by atoms with E-state index < -0.39 is 0 Å². The maximum absolute atomic E-state index is 5.77. The van der Waals surface area contributed by atoms with Crippen LogP contribution in [0.3, 0.4) is 0 Å². The Kier molecular flexibility index (Phi) is 5.59. The first kappa shape index (κ1) is 16.2. The molecule has 0 spiro atoms. The van der Waals surface area contributed by atoms with Gasteiger partial charge in [-0.05, 0) is 38.8 Å². The average Bonchev–Trinajstić information content (AvgIpc) is 2.61. The Morgan fingerprint density at radius 3 is 2.90 bits per heavy atom. The fraction of sp³-hybridized carbons (Fsp3) is 0.706. The Labute approximate surface area is 128 Å². The number of pyridine rings is 1. The number of aromatic nitrogens is 1. The molecule has 0 bridgehead atoms. The molecule has 21 heavy (non-hydrogen) atoms. The Hall–Kier alpha value is -1.13. The Morgan fingerprint density at radius 1 is 1.43 bits per heavy atom. The molecule has 1 unspecified atom stereocenters.